The largest absolute Gasteiger partial charge is 0.213 e. The van der Waals surface area contributed by atoms with E-state index in [1.54, 1.807) is 4.31 Å². The standard InChI is InChI=1S/C9H18INO2S/c1-9(2,10)8-5-4-6-11(7-8)14(3,12)13/h8H,4-7H2,1-3H3. The van der Waals surface area contributed by atoms with E-state index in [0.717, 1.165) is 12.8 Å². The monoisotopic (exact) mass is 331 g/mol. The first-order chi connectivity index (χ1) is 6.21. The van der Waals surface area contributed by atoms with E-state index in [4.69, 9.17) is 0 Å². The molecule has 1 fully saturated rings. The minimum atomic E-state index is -2.99. The van der Waals surface area contributed by atoms with Crippen molar-refractivity contribution in [2.24, 2.45) is 5.92 Å². The van der Waals surface area contributed by atoms with Crippen molar-refractivity contribution < 1.29 is 8.42 Å². The van der Waals surface area contributed by atoms with E-state index in [1.165, 1.54) is 6.26 Å². The molecule has 1 aliphatic heterocycles. The zero-order valence-corrected chi connectivity index (χ0v) is 11.9. The average Bonchev–Trinajstić information content (AvgIpc) is 2.01. The van der Waals surface area contributed by atoms with Gasteiger partial charge in [-0.05, 0) is 18.8 Å². The summed E-state index contributed by atoms with van der Waals surface area (Å²) in [5, 5.41) is 0. The Balaban J connectivity index is 2.71. The molecule has 5 heteroatoms. The Bertz CT molecular complexity index is 294. The molecule has 0 aliphatic carbocycles. The highest BCUT2D eigenvalue weighted by Crippen LogP contribution is 2.34. The molecule has 84 valence electrons. The van der Waals surface area contributed by atoms with Gasteiger partial charge in [0.15, 0.2) is 0 Å². The summed E-state index contributed by atoms with van der Waals surface area (Å²) in [5.74, 6) is 0.478. The lowest BCUT2D eigenvalue weighted by Gasteiger charge is -2.37. The molecule has 0 aromatic heterocycles. The van der Waals surface area contributed by atoms with Crippen molar-refractivity contribution in [1.29, 1.82) is 0 Å². The van der Waals surface area contributed by atoms with Crippen molar-refractivity contribution in [2.45, 2.75) is 30.1 Å². The van der Waals surface area contributed by atoms with Gasteiger partial charge >= 0.3 is 0 Å². The topological polar surface area (TPSA) is 37.4 Å². The third-order valence-electron chi connectivity index (χ3n) is 2.82. The lowest BCUT2D eigenvalue weighted by Crippen LogP contribution is -2.44. The quantitative estimate of drug-likeness (QED) is 0.572. The lowest BCUT2D eigenvalue weighted by molar-refractivity contribution is 0.242. The van der Waals surface area contributed by atoms with Gasteiger partial charge < -0.3 is 0 Å². The number of rotatable bonds is 2. The van der Waals surface area contributed by atoms with E-state index in [9.17, 15) is 8.42 Å². The van der Waals surface area contributed by atoms with Gasteiger partial charge in [0.1, 0.15) is 0 Å². The maximum Gasteiger partial charge on any atom is 0.211 e. The molecule has 0 radical (unpaired) electrons. The van der Waals surface area contributed by atoms with E-state index in [1.807, 2.05) is 0 Å². The molecule has 14 heavy (non-hydrogen) atoms. The molecule has 3 nitrogen and oxygen atoms in total. The maximum absolute atomic E-state index is 11.4. The summed E-state index contributed by atoms with van der Waals surface area (Å²) in [6.45, 7) is 5.73. The fourth-order valence-corrected chi connectivity index (χ4v) is 3.22. The summed E-state index contributed by atoms with van der Waals surface area (Å²) < 4.78 is 24.6. The van der Waals surface area contributed by atoms with Gasteiger partial charge in [-0.2, -0.15) is 0 Å². The van der Waals surface area contributed by atoms with Crippen LogP contribution >= 0.6 is 22.6 Å². The van der Waals surface area contributed by atoms with Gasteiger partial charge in [-0.15, -0.1) is 0 Å². The molecule has 1 heterocycles. The highest BCUT2D eigenvalue weighted by atomic mass is 127. The van der Waals surface area contributed by atoms with Crippen LogP contribution in [-0.4, -0.2) is 35.5 Å². The predicted molar refractivity (Wildman–Crippen MR) is 67.2 cm³/mol. The van der Waals surface area contributed by atoms with E-state index >= 15 is 0 Å². The number of hydrogen-bond acceptors (Lipinski definition) is 2. The minimum Gasteiger partial charge on any atom is -0.213 e. The van der Waals surface area contributed by atoms with Crippen LogP contribution in [0.3, 0.4) is 0 Å². The SMILES string of the molecule is CC(C)(I)C1CCCN(S(C)(=O)=O)C1. The highest BCUT2D eigenvalue weighted by Gasteiger charge is 2.33. The van der Waals surface area contributed by atoms with Crippen molar-refractivity contribution in [3.63, 3.8) is 0 Å². The molecule has 1 rings (SSSR count). The van der Waals surface area contributed by atoms with Crippen molar-refractivity contribution >= 4 is 32.6 Å². The van der Waals surface area contributed by atoms with Crippen LogP contribution in [0.2, 0.25) is 0 Å². The van der Waals surface area contributed by atoms with Crippen LogP contribution < -0.4 is 0 Å². The third-order valence-corrected chi connectivity index (χ3v) is 4.97. The van der Waals surface area contributed by atoms with Gasteiger partial charge in [-0.1, -0.05) is 36.4 Å². The van der Waals surface area contributed by atoms with Crippen LogP contribution in [0.1, 0.15) is 26.7 Å². The van der Waals surface area contributed by atoms with E-state index in [-0.39, 0.29) is 3.42 Å². The summed E-state index contributed by atoms with van der Waals surface area (Å²) in [7, 11) is -2.99. The van der Waals surface area contributed by atoms with Gasteiger partial charge in [0.25, 0.3) is 0 Å². The van der Waals surface area contributed by atoms with Gasteiger partial charge in [-0.3, -0.25) is 0 Å². The Morgan fingerprint density at radius 2 is 2.00 bits per heavy atom. The van der Waals surface area contributed by atoms with Crippen molar-refractivity contribution in [3.05, 3.63) is 0 Å². The smallest absolute Gasteiger partial charge is 0.211 e. The third kappa shape index (κ3) is 3.34. The summed E-state index contributed by atoms with van der Waals surface area (Å²) in [4.78, 5) is 0. The van der Waals surface area contributed by atoms with Crippen LogP contribution in [0.4, 0.5) is 0 Å². The van der Waals surface area contributed by atoms with Gasteiger partial charge in [-0.25, -0.2) is 12.7 Å². The predicted octanol–water partition coefficient (Wildman–Crippen LogP) is 1.87. The van der Waals surface area contributed by atoms with Crippen molar-refractivity contribution in [3.8, 4) is 0 Å². The molecule has 1 atom stereocenters. The van der Waals surface area contributed by atoms with Crippen molar-refractivity contribution in [1.82, 2.24) is 4.31 Å². The molecule has 0 N–H and O–H groups in total. The summed E-state index contributed by atoms with van der Waals surface area (Å²) in [6, 6.07) is 0. The number of piperidine rings is 1. The molecule has 1 unspecified atom stereocenters. The zero-order chi connectivity index (χ0) is 11.0. The Labute approximate surface area is 100 Å². The van der Waals surface area contributed by atoms with Crippen LogP contribution in [0.5, 0.6) is 0 Å². The number of hydrogen-bond donors (Lipinski definition) is 0. The summed E-state index contributed by atoms with van der Waals surface area (Å²) in [5.41, 5.74) is 0. The molecule has 0 spiro atoms. The Morgan fingerprint density at radius 1 is 1.43 bits per heavy atom. The molecule has 0 aromatic carbocycles. The Kier molecular flexibility index (Phi) is 3.86. The van der Waals surface area contributed by atoms with E-state index in [0.29, 0.717) is 19.0 Å². The van der Waals surface area contributed by atoms with Gasteiger partial charge in [0.2, 0.25) is 10.0 Å². The maximum atomic E-state index is 11.4. The first kappa shape index (κ1) is 12.7. The molecular weight excluding hydrogens is 313 g/mol. The van der Waals surface area contributed by atoms with Crippen LogP contribution in [-0.2, 0) is 10.0 Å². The minimum absolute atomic E-state index is 0.182. The van der Waals surface area contributed by atoms with Crippen LogP contribution in [0.15, 0.2) is 0 Å². The second-order valence-electron chi connectivity index (χ2n) is 4.52. The van der Waals surface area contributed by atoms with Gasteiger partial charge in [0.05, 0.1) is 6.26 Å². The molecular formula is C9H18INO2S. The zero-order valence-electron chi connectivity index (χ0n) is 8.96. The van der Waals surface area contributed by atoms with E-state index in [2.05, 4.69) is 36.4 Å². The van der Waals surface area contributed by atoms with Crippen LogP contribution in [0, 0.1) is 5.92 Å². The first-order valence-electron chi connectivity index (χ1n) is 4.85. The van der Waals surface area contributed by atoms with Crippen LogP contribution in [0.25, 0.3) is 0 Å². The molecule has 1 saturated heterocycles. The van der Waals surface area contributed by atoms with Gasteiger partial charge in [0, 0.05) is 16.5 Å². The number of halogens is 1. The molecule has 0 amide bonds. The fraction of sp³-hybridized carbons (Fsp3) is 1.00. The normalized spacial score (nSPS) is 26.4. The molecule has 0 bridgehead atoms. The number of sulfonamides is 1. The fourth-order valence-electron chi connectivity index (χ4n) is 1.80. The average molecular weight is 331 g/mol. The molecule has 0 aromatic rings. The number of nitrogens with zero attached hydrogens (tertiary/aromatic N) is 1. The Morgan fingerprint density at radius 3 is 2.43 bits per heavy atom. The first-order valence-corrected chi connectivity index (χ1v) is 7.78. The number of alkyl halides is 1. The molecule has 1 aliphatic rings. The summed E-state index contributed by atoms with van der Waals surface area (Å²) >= 11 is 2.41. The lowest BCUT2D eigenvalue weighted by atomic mass is 9.89. The second-order valence-corrected chi connectivity index (χ2v) is 9.29. The van der Waals surface area contributed by atoms with Crippen molar-refractivity contribution in [2.75, 3.05) is 19.3 Å². The van der Waals surface area contributed by atoms with E-state index < -0.39 is 10.0 Å². The molecule has 0 saturated carbocycles. The highest BCUT2D eigenvalue weighted by molar-refractivity contribution is 14.1. The Hall–Kier alpha value is 0.640. The summed E-state index contributed by atoms with van der Waals surface area (Å²) in [6.07, 6.45) is 3.43. The second kappa shape index (κ2) is 4.25.